The van der Waals surface area contributed by atoms with Gasteiger partial charge in [-0.15, -0.1) is 0 Å². The third-order valence-electron chi connectivity index (χ3n) is 3.19. The number of carboxylic acid groups (broad SMARTS) is 1. The number of ether oxygens (including phenoxy) is 1. The SMILES string of the molecule is Nc1ccn([C@@]2(C=CC(=O)O)C[C@H](O)[C@@H](CO)O2)c(=O)n1. The fourth-order valence-corrected chi connectivity index (χ4v) is 2.23. The number of hydrogen-bond donors (Lipinski definition) is 4. The summed E-state index contributed by atoms with van der Waals surface area (Å²) < 4.78 is 6.53. The Balaban J connectivity index is 2.51. The summed E-state index contributed by atoms with van der Waals surface area (Å²) in [6.07, 6.45) is 1.13. The van der Waals surface area contributed by atoms with Gasteiger partial charge in [-0.3, -0.25) is 4.57 Å². The Hall–Kier alpha value is -2.23. The van der Waals surface area contributed by atoms with Gasteiger partial charge in [-0.25, -0.2) is 9.59 Å². The van der Waals surface area contributed by atoms with E-state index in [2.05, 4.69) is 4.98 Å². The number of nitrogens with two attached hydrogens (primary N) is 1. The number of rotatable bonds is 4. The second kappa shape index (κ2) is 5.64. The van der Waals surface area contributed by atoms with Gasteiger partial charge in [0, 0.05) is 18.7 Å². The second-order valence-corrected chi connectivity index (χ2v) is 4.63. The van der Waals surface area contributed by atoms with Crippen LogP contribution in [0.3, 0.4) is 0 Å². The first-order valence-corrected chi connectivity index (χ1v) is 6.12. The minimum atomic E-state index is -1.54. The molecule has 21 heavy (non-hydrogen) atoms. The van der Waals surface area contributed by atoms with Crippen LogP contribution < -0.4 is 11.4 Å². The molecule has 1 aromatic heterocycles. The highest BCUT2D eigenvalue weighted by molar-refractivity contribution is 5.79. The predicted octanol–water partition coefficient (Wildman–Crippen LogP) is -1.74. The Morgan fingerprint density at radius 3 is 2.90 bits per heavy atom. The maximum absolute atomic E-state index is 11.9. The Morgan fingerprint density at radius 1 is 1.67 bits per heavy atom. The van der Waals surface area contributed by atoms with E-state index in [0.29, 0.717) is 0 Å². The van der Waals surface area contributed by atoms with Crippen molar-refractivity contribution < 1.29 is 24.9 Å². The van der Waals surface area contributed by atoms with E-state index in [1.807, 2.05) is 0 Å². The van der Waals surface area contributed by atoms with Crippen LogP contribution in [0, 0.1) is 0 Å². The van der Waals surface area contributed by atoms with E-state index < -0.39 is 36.2 Å². The molecule has 2 heterocycles. The monoisotopic (exact) mass is 297 g/mol. The van der Waals surface area contributed by atoms with Crippen LogP contribution in [-0.4, -0.2) is 49.7 Å². The lowest BCUT2D eigenvalue weighted by Gasteiger charge is -2.27. The largest absolute Gasteiger partial charge is 0.478 e. The zero-order chi connectivity index (χ0) is 15.6. The van der Waals surface area contributed by atoms with Gasteiger partial charge in [0.15, 0.2) is 5.72 Å². The van der Waals surface area contributed by atoms with Crippen molar-refractivity contribution in [1.29, 1.82) is 0 Å². The maximum Gasteiger partial charge on any atom is 0.352 e. The molecule has 3 atom stereocenters. The maximum atomic E-state index is 11.9. The number of aliphatic carboxylic acids is 1. The van der Waals surface area contributed by atoms with E-state index in [1.54, 1.807) is 0 Å². The van der Waals surface area contributed by atoms with Gasteiger partial charge >= 0.3 is 11.7 Å². The molecule has 0 saturated carbocycles. The molecule has 5 N–H and O–H groups in total. The molecule has 0 unspecified atom stereocenters. The minimum Gasteiger partial charge on any atom is -0.478 e. The molecule has 9 nitrogen and oxygen atoms in total. The van der Waals surface area contributed by atoms with Crippen LogP contribution in [0.4, 0.5) is 5.82 Å². The van der Waals surface area contributed by atoms with Crippen molar-refractivity contribution in [2.75, 3.05) is 12.3 Å². The van der Waals surface area contributed by atoms with Gasteiger partial charge in [0.05, 0.1) is 12.7 Å². The number of carboxylic acids is 1. The Kier molecular flexibility index (Phi) is 4.07. The smallest absolute Gasteiger partial charge is 0.352 e. The van der Waals surface area contributed by atoms with Crippen LogP contribution in [0.2, 0.25) is 0 Å². The summed E-state index contributed by atoms with van der Waals surface area (Å²) in [6.45, 7) is -0.471. The van der Waals surface area contributed by atoms with Crippen molar-refractivity contribution in [3.63, 3.8) is 0 Å². The highest BCUT2D eigenvalue weighted by atomic mass is 16.6. The standard InChI is InChI=1S/C12H15N3O6/c13-9-2-4-15(11(20)14-9)12(3-1-10(18)19)5-7(17)8(6-16)21-12/h1-4,7-8,16-17H,5-6H2,(H,18,19)(H2,13,14,20)/t7-,8+,12+/m0/s1. The van der Waals surface area contributed by atoms with Gasteiger partial charge in [-0.05, 0) is 12.1 Å². The molecule has 0 radical (unpaired) electrons. The van der Waals surface area contributed by atoms with Crippen molar-refractivity contribution >= 4 is 11.8 Å². The van der Waals surface area contributed by atoms with Crippen LogP contribution in [0.5, 0.6) is 0 Å². The summed E-state index contributed by atoms with van der Waals surface area (Å²) in [6, 6.07) is 1.35. The molecular weight excluding hydrogens is 282 g/mol. The van der Waals surface area contributed by atoms with Gasteiger partial charge < -0.3 is 25.8 Å². The number of nitrogens with zero attached hydrogens (tertiary/aromatic N) is 2. The molecule has 9 heteroatoms. The number of aliphatic hydroxyl groups is 2. The summed E-state index contributed by atoms with van der Waals surface area (Å²) in [5, 5.41) is 27.8. The quantitative estimate of drug-likeness (QED) is 0.479. The van der Waals surface area contributed by atoms with Gasteiger partial charge in [0.2, 0.25) is 0 Å². The molecule has 0 bridgehead atoms. The van der Waals surface area contributed by atoms with Gasteiger partial charge in [-0.1, -0.05) is 0 Å². The number of aromatic nitrogens is 2. The van der Waals surface area contributed by atoms with E-state index in [0.717, 1.165) is 16.7 Å². The molecule has 0 spiro atoms. The lowest BCUT2D eigenvalue weighted by atomic mass is 10.1. The second-order valence-electron chi connectivity index (χ2n) is 4.63. The van der Waals surface area contributed by atoms with Crippen LogP contribution in [0.1, 0.15) is 6.42 Å². The molecular formula is C12H15N3O6. The average molecular weight is 297 g/mol. The summed E-state index contributed by atoms with van der Waals surface area (Å²) in [5.74, 6) is -1.23. The van der Waals surface area contributed by atoms with Crippen LogP contribution in [-0.2, 0) is 15.3 Å². The fraction of sp³-hybridized carbons (Fsp3) is 0.417. The van der Waals surface area contributed by atoms with Gasteiger partial charge in [0.25, 0.3) is 0 Å². The van der Waals surface area contributed by atoms with Crippen molar-refractivity contribution in [3.8, 4) is 0 Å². The first-order valence-electron chi connectivity index (χ1n) is 6.12. The average Bonchev–Trinajstić information content (AvgIpc) is 2.74. The first-order chi connectivity index (χ1) is 9.88. The highest BCUT2D eigenvalue weighted by Crippen LogP contribution is 2.35. The summed E-state index contributed by atoms with van der Waals surface area (Å²) >= 11 is 0. The van der Waals surface area contributed by atoms with E-state index in [-0.39, 0.29) is 12.2 Å². The number of aliphatic hydroxyl groups excluding tert-OH is 2. The fourth-order valence-electron chi connectivity index (χ4n) is 2.23. The Morgan fingerprint density at radius 2 is 2.38 bits per heavy atom. The summed E-state index contributed by atoms with van der Waals surface area (Å²) in [5.41, 5.74) is 3.11. The van der Waals surface area contributed by atoms with Crippen molar-refractivity contribution in [2.24, 2.45) is 0 Å². The highest BCUT2D eigenvalue weighted by Gasteiger charge is 2.46. The molecule has 2 rings (SSSR count). The molecule has 0 aliphatic carbocycles. The first kappa shape index (κ1) is 15.2. The summed E-state index contributed by atoms with van der Waals surface area (Å²) in [7, 11) is 0. The number of carbonyl (C=O) groups is 1. The third-order valence-corrected chi connectivity index (χ3v) is 3.19. The number of anilines is 1. The molecule has 1 aliphatic rings. The Labute approximate surface area is 118 Å². The molecule has 1 fully saturated rings. The van der Waals surface area contributed by atoms with Crippen molar-refractivity contribution in [3.05, 3.63) is 34.9 Å². The molecule has 1 aliphatic heterocycles. The molecule has 0 aromatic carbocycles. The number of hydrogen-bond acceptors (Lipinski definition) is 7. The van der Waals surface area contributed by atoms with Gasteiger partial charge in [-0.2, -0.15) is 4.98 Å². The molecule has 1 aromatic rings. The van der Waals surface area contributed by atoms with Crippen LogP contribution >= 0.6 is 0 Å². The van der Waals surface area contributed by atoms with E-state index >= 15 is 0 Å². The van der Waals surface area contributed by atoms with E-state index in [9.17, 15) is 14.7 Å². The zero-order valence-corrected chi connectivity index (χ0v) is 10.9. The molecule has 114 valence electrons. The lowest BCUT2D eigenvalue weighted by molar-refractivity contribution is -0.131. The van der Waals surface area contributed by atoms with E-state index in [1.165, 1.54) is 12.3 Å². The van der Waals surface area contributed by atoms with Crippen molar-refractivity contribution in [2.45, 2.75) is 24.4 Å². The predicted molar refractivity (Wildman–Crippen MR) is 70.2 cm³/mol. The molecule has 0 amide bonds. The topological polar surface area (TPSA) is 148 Å². The van der Waals surface area contributed by atoms with Crippen molar-refractivity contribution in [1.82, 2.24) is 9.55 Å². The third kappa shape index (κ3) is 2.94. The summed E-state index contributed by atoms with van der Waals surface area (Å²) in [4.78, 5) is 26.2. The molecule has 1 saturated heterocycles. The normalized spacial score (nSPS) is 29.0. The van der Waals surface area contributed by atoms with Gasteiger partial charge in [0.1, 0.15) is 11.9 Å². The lowest BCUT2D eigenvalue weighted by Crippen LogP contribution is -2.41. The van der Waals surface area contributed by atoms with Crippen LogP contribution in [0.15, 0.2) is 29.2 Å². The number of nitrogen functional groups attached to an aromatic ring is 1. The van der Waals surface area contributed by atoms with E-state index in [4.69, 9.17) is 20.7 Å². The zero-order valence-electron chi connectivity index (χ0n) is 10.9. The Bertz CT molecular complexity index is 628. The minimum absolute atomic E-state index is 0.00543. The van der Waals surface area contributed by atoms with Crippen LogP contribution in [0.25, 0.3) is 0 Å².